The minimum absolute atomic E-state index is 0.0304. The summed E-state index contributed by atoms with van der Waals surface area (Å²) in [6.07, 6.45) is 0.429. The fraction of sp³-hybridized carbons (Fsp3) is 0.462. The van der Waals surface area contributed by atoms with Crippen LogP contribution in [0.4, 0.5) is 0 Å². The molecule has 0 aliphatic rings. The predicted molar refractivity (Wildman–Crippen MR) is 62.4 cm³/mol. The molecule has 1 rings (SSSR count). The van der Waals surface area contributed by atoms with Crippen molar-refractivity contribution in [3.63, 3.8) is 0 Å². The van der Waals surface area contributed by atoms with Gasteiger partial charge in [-0.15, -0.1) is 0 Å². The molecule has 2 atom stereocenters. The lowest BCUT2D eigenvalue weighted by Gasteiger charge is -2.16. The number of aliphatic hydroxyl groups excluding tert-OH is 1. The second-order valence-electron chi connectivity index (χ2n) is 4.13. The van der Waals surface area contributed by atoms with Crippen LogP contribution in [0, 0.1) is 0 Å². The number of benzene rings is 1. The van der Waals surface area contributed by atoms with Crippen molar-refractivity contribution < 1.29 is 15.0 Å². The molecule has 0 aliphatic carbocycles. The summed E-state index contributed by atoms with van der Waals surface area (Å²) in [4.78, 5) is 10.3. The molecule has 3 heteroatoms. The molecule has 0 radical (unpaired) electrons. The molecule has 3 nitrogen and oxygen atoms in total. The van der Waals surface area contributed by atoms with Crippen LogP contribution in [0.1, 0.15) is 37.7 Å². The fourth-order valence-electron chi connectivity index (χ4n) is 1.73. The van der Waals surface area contributed by atoms with Crippen LogP contribution in [-0.4, -0.2) is 22.3 Å². The van der Waals surface area contributed by atoms with Crippen molar-refractivity contribution in [3.05, 3.63) is 35.9 Å². The quantitative estimate of drug-likeness (QED) is 0.777. The van der Waals surface area contributed by atoms with E-state index >= 15 is 0 Å². The van der Waals surface area contributed by atoms with Gasteiger partial charge in [0.1, 0.15) is 0 Å². The van der Waals surface area contributed by atoms with Gasteiger partial charge in [0.15, 0.2) is 0 Å². The van der Waals surface area contributed by atoms with Crippen LogP contribution in [0.5, 0.6) is 0 Å². The summed E-state index contributed by atoms with van der Waals surface area (Å²) in [5.41, 5.74) is 1.18. The monoisotopic (exact) mass is 222 g/mol. The molecule has 0 bridgehead atoms. The van der Waals surface area contributed by atoms with Crippen LogP contribution in [0.25, 0.3) is 0 Å². The van der Waals surface area contributed by atoms with Gasteiger partial charge in [0.2, 0.25) is 0 Å². The first-order valence-corrected chi connectivity index (χ1v) is 5.54. The Labute approximate surface area is 95.7 Å². The summed E-state index contributed by atoms with van der Waals surface area (Å²) in [7, 11) is 0. The highest BCUT2D eigenvalue weighted by atomic mass is 16.4. The van der Waals surface area contributed by atoms with E-state index in [0.717, 1.165) is 0 Å². The smallest absolute Gasteiger partial charge is 0.303 e. The number of hydrogen-bond acceptors (Lipinski definition) is 2. The molecule has 0 saturated carbocycles. The largest absolute Gasteiger partial charge is 0.481 e. The molecule has 1 aromatic rings. The van der Waals surface area contributed by atoms with Gasteiger partial charge in [0.25, 0.3) is 0 Å². The average Bonchev–Trinajstić information content (AvgIpc) is 2.27. The van der Waals surface area contributed by atoms with Crippen molar-refractivity contribution in [2.75, 3.05) is 0 Å². The van der Waals surface area contributed by atoms with E-state index in [1.54, 1.807) is 0 Å². The topological polar surface area (TPSA) is 57.5 Å². The van der Waals surface area contributed by atoms with E-state index < -0.39 is 12.1 Å². The minimum Gasteiger partial charge on any atom is -0.481 e. The Bertz CT molecular complexity index is 321. The Kier molecular flexibility index (Phi) is 4.99. The van der Waals surface area contributed by atoms with Crippen LogP contribution in [-0.2, 0) is 4.79 Å². The van der Waals surface area contributed by atoms with E-state index in [1.807, 2.05) is 37.3 Å². The standard InChI is InChI=1S/C13H18O3/c1-10(11-5-3-2-4-6-11)9-12(14)7-8-13(15)16/h2-6,10,12,14H,7-9H2,1H3,(H,15,16). The maximum Gasteiger partial charge on any atom is 0.303 e. The lowest BCUT2D eigenvalue weighted by molar-refractivity contribution is -0.137. The van der Waals surface area contributed by atoms with Crippen LogP contribution in [0.2, 0.25) is 0 Å². The van der Waals surface area contributed by atoms with Gasteiger partial charge in [-0.1, -0.05) is 37.3 Å². The Morgan fingerprint density at radius 2 is 1.94 bits per heavy atom. The Morgan fingerprint density at radius 1 is 1.31 bits per heavy atom. The number of hydrogen-bond donors (Lipinski definition) is 2. The summed E-state index contributed by atoms with van der Waals surface area (Å²) < 4.78 is 0. The maximum absolute atomic E-state index is 10.3. The number of aliphatic hydroxyl groups is 1. The Balaban J connectivity index is 2.39. The van der Waals surface area contributed by atoms with Crippen LogP contribution in [0.3, 0.4) is 0 Å². The molecule has 2 N–H and O–H groups in total. The van der Waals surface area contributed by atoms with E-state index in [-0.39, 0.29) is 12.3 Å². The summed E-state index contributed by atoms with van der Waals surface area (Å²) >= 11 is 0. The van der Waals surface area contributed by atoms with E-state index in [0.29, 0.717) is 12.8 Å². The van der Waals surface area contributed by atoms with Crippen molar-refractivity contribution in [2.45, 2.75) is 38.2 Å². The summed E-state index contributed by atoms with van der Waals surface area (Å²) in [6, 6.07) is 9.94. The first-order valence-electron chi connectivity index (χ1n) is 5.54. The van der Waals surface area contributed by atoms with Crippen molar-refractivity contribution in [3.8, 4) is 0 Å². The predicted octanol–water partition coefficient (Wildman–Crippen LogP) is 2.41. The van der Waals surface area contributed by atoms with Crippen molar-refractivity contribution in [1.29, 1.82) is 0 Å². The van der Waals surface area contributed by atoms with Gasteiger partial charge in [-0.25, -0.2) is 0 Å². The number of aliphatic carboxylic acids is 1. The van der Waals surface area contributed by atoms with E-state index in [1.165, 1.54) is 5.56 Å². The Morgan fingerprint density at radius 3 is 2.50 bits per heavy atom. The summed E-state index contributed by atoms with van der Waals surface area (Å²) in [6.45, 7) is 2.04. The molecule has 0 aromatic heterocycles. The number of carboxylic acids is 1. The van der Waals surface area contributed by atoms with Crippen molar-refractivity contribution in [2.24, 2.45) is 0 Å². The zero-order valence-electron chi connectivity index (χ0n) is 9.47. The average molecular weight is 222 g/mol. The van der Waals surface area contributed by atoms with Gasteiger partial charge in [-0.2, -0.15) is 0 Å². The molecule has 88 valence electrons. The fourth-order valence-corrected chi connectivity index (χ4v) is 1.73. The normalized spacial score (nSPS) is 14.4. The molecule has 0 saturated heterocycles. The van der Waals surface area contributed by atoms with Gasteiger partial charge >= 0.3 is 5.97 Å². The molecule has 0 spiro atoms. The lowest BCUT2D eigenvalue weighted by Crippen LogP contribution is -2.12. The first-order chi connectivity index (χ1) is 7.59. The molecule has 1 aromatic carbocycles. The molecule has 0 amide bonds. The third kappa shape index (κ3) is 4.45. The van der Waals surface area contributed by atoms with Crippen LogP contribution < -0.4 is 0 Å². The molecule has 2 unspecified atom stereocenters. The van der Waals surface area contributed by atoms with Gasteiger partial charge in [0.05, 0.1) is 6.10 Å². The number of carbonyl (C=O) groups is 1. The van der Waals surface area contributed by atoms with E-state index in [4.69, 9.17) is 5.11 Å². The number of rotatable bonds is 6. The highest BCUT2D eigenvalue weighted by Gasteiger charge is 2.13. The molecule has 16 heavy (non-hydrogen) atoms. The number of carboxylic acid groups (broad SMARTS) is 1. The second kappa shape index (κ2) is 6.28. The second-order valence-corrected chi connectivity index (χ2v) is 4.13. The summed E-state index contributed by atoms with van der Waals surface area (Å²) in [5, 5.41) is 18.2. The molecular weight excluding hydrogens is 204 g/mol. The maximum atomic E-state index is 10.3. The third-order valence-electron chi connectivity index (χ3n) is 2.69. The molecule has 0 fully saturated rings. The molecule has 0 aliphatic heterocycles. The van der Waals surface area contributed by atoms with Gasteiger partial charge in [-0.05, 0) is 24.3 Å². The van der Waals surface area contributed by atoms with E-state index in [9.17, 15) is 9.90 Å². The summed E-state index contributed by atoms with van der Waals surface area (Å²) in [5.74, 6) is -0.601. The van der Waals surface area contributed by atoms with Gasteiger partial charge in [-0.3, -0.25) is 4.79 Å². The van der Waals surface area contributed by atoms with Gasteiger partial charge < -0.3 is 10.2 Å². The lowest BCUT2D eigenvalue weighted by atomic mass is 9.93. The third-order valence-corrected chi connectivity index (χ3v) is 2.69. The highest BCUT2D eigenvalue weighted by Crippen LogP contribution is 2.21. The zero-order valence-corrected chi connectivity index (χ0v) is 9.47. The zero-order chi connectivity index (χ0) is 12.0. The first kappa shape index (κ1) is 12.7. The minimum atomic E-state index is -0.855. The highest BCUT2D eigenvalue weighted by molar-refractivity contribution is 5.66. The molecule has 0 heterocycles. The Hall–Kier alpha value is -1.35. The van der Waals surface area contributed by atoms with Crippen molar-refractivity contribution >= 4 is 5.97 Å². The molecular formula is C13H18O3. The van der Waals surface area contributed by atoms with Crippen molar-refractivity contribution in [1.82, 2.24) is 0 Å². The van der Waals surface area contributed by atoms with E-state index in [2.05, 4.69) is 0 Å². The SMILES string of the molecule is CC(CC(O)CCC(=O)O)c1ccccc1. The van der Waals surface area contributed by atoms with Crippen LogP contribution >= 0.6 is 0 Å². The van der Waals surface area contributed by atoms with Gasteiger partial charge in [0, 0.05) is 6.42 Å². The van der Waals surface area contributed by atoms with Crippen LogP contribution in [0.15, 0.2) is 30.3 Å².